The van der Waals surface area contributed by atoms with Crippen molar-refractivity contribution < 1.29 is 39.9 Å². The van der Waals surface area contributed by atoms with E-state index >= 15 is 0 Å². The van der Waals surface area contributed by atoms with Crippen LogP contribution in [0.4, 0.5) is 0 Å². The summed E-state index contributed by atoms with van der Waals surface area (Å²) < 4.78 is 0. The summed E-state index contributed by atoms with van der Waals surface area (Å²) in [6, 6.07) is 3.33. The van der Waals surface area contributed by atoms with Crippen LogP contribution in [0.2, 0.25) is 0 Å². The number of benzene rings is 1. The van der Waals surface area contributed by atoms with Gasteiger partial charge in [-0.3, -0.25) is 14.4 Å². The smallest absolute Gasteiger partial charge is 0.255 e. The first kappa shape index (κ1) is 24.3. The molecule has 3 aliphatic carbocycles. The van der Waals surface area contributed by atoms with Gasteiger partial charge in [0.15, 0.2) is 11.4 Å². The fourth-order valence-electron chi connectivity index (χ4n) is 5.62. The number of carbonyl (C=O) groups excluding carboxylic acids is 3. The van der Waals surface area contributed by atoms with Gasteiger partial charge < -0.3 is 31.3 Å². The summed E-state index contributed by atoms with van der Waals surface area (Å²) in [5.41, 5.74) is 1.14. The van der Waals surface area contributed by atoms with Gasteiger partial charge in [-0.25, -0.2) is 0 Å². The minimum absolute atomic E-state index is 0.0393. The molecule has 4 rings (SSSR count). The number of aliphatic hydroxyl groups is 4. The number of nitrogens with two attached hydrogens (primary N) is 1. The molecule has 0 saturated heterocycles. The Kier molecular flexibility index (Phi) is 5.39. The molecule has 1 amide bonds. The van der Waals surface area contributed by atoms with Crippen LogP contribution in [0.15, 0.2) is 29.0 Å². The zero-order valence-corrected chi connectivity index (χ0v) is 19.6. The van der Waals surface area contributed by atoms with E-state index in [0.717, 1.165) is 0 Å². The van der Waals surface area contributed by atoms with Gasteiger partial charge in [-0.1, -0.05) is 32.9 Å². The lowest BCUT2D eigenvalue weighted by atomic mass is 9.55. The zero-order chi connectivity index (χ0) is 25.5. The summed E-state index contributed by atoms with van der Waals surface area (Å²) in [6.45, 7) is 5.26. The van der Waals surface area contributed by atoms with Crippen LogP contribution in [0, 0.1) is 11.8 Å². The largest absolute Gasteiger partial charge is 0.508 e. The standard InChI is InChI=1S/C24H26ClNO8/c1-8-9-4-5-10(23(2,3)7-25)17(28)14(9)19(30)16-13(8)18(29)11-6-12(27)15(22(26)33)20(31)24(11,34)21(16)32/h4-5,8,11,13,18,28-31,34H,6-7H2,1-3H3,(H2,26,33). The summed E-state index contributed by atoms with van der Waals surface area (Å²) in [7, 11) is 0. The van der Waals surface area contributed by atoms with Crippen molar-refractivity contribution in [3.8, 4) is 5.75 Å². The molecule has 0 spiro atoms. The van der Waals surface area contributed by atoms with Crippen molar-refractivity contribution >= 4 is 34.8 Å². The van der Waals surface area contributed by atoms with Gasteiger partial charge in [-0.2, -0.15) is 0 Å². The average Bonchev–Trinajstić information content (AvgIpc) is 2.76. The molecule has 9 nitrogen and oxygen atoms in total. The molecule has 0 radical (unpaired) electrons. The molecule has 34 heavy (non-hydrogen) atoms. The van der Waals surface area contributed by atoms with E-state index in [-0.39, 0.29) is 17.2 Å². The summed E-state index contributed by atoms with van der Waals surface area (Å²) in [5, 5.41) is 55.4. The van der Waals surface area contributed by atoms with Crippen LogP contribution in [0.5, 0.6) is 5.75 Å². The number of hydrogen-bond donors (Lipinski definition) is 6. The molecule has 0 bridgehead atoms. The molecule has 5 atom stereocenters. The van der Waals surface area contributed by atoms with Crippen LogP contribution in [0.25, 0.3) is 5.76 Å². The minimum Gasteiger partial charge on any atom is -0.508 e. The van der Waals surface area contributed by atoms with Crippen LogP contribution < -0.4 is 5.73 Å². The maximum atomic E-state index is 13.6. The van der Waals surface area contributed by atoms with Crippen LogP contribution in [-0.4, -0.2) is 60.6 Å². The maximum absolute atomic E-state index is 13.6. The second-order valence-electron chi connectivity index (χ2n) is 9.93. The van der Waals surface area contributed by atoms with Crippen molar-refractivity contribution in [3.05, 3.63) is 45.7 Å². The lowest BCUT2D eigenvalue weighted by Crippen LogP contribution is -2.63. The number of fused-ring (bicyclic) bond motifs is 3. The first-order valence-electron chi connectivity index (χ1n) is 10.8. The Balaban J connectivity index is 2.01. The van der Waals surface area contributed by atoms with Crippen molar-refractivity contribution in [2.75, 3.05) is 5.88 Å². The van der Waals surface area contributed by atoms with E-state index in [9.17, 15) is 39.9 Å². The third-order valence-electron chi connectivity index (χ3n) is 7.56. The third kappa shape index (κ3) is 2.90. The number of rotatable bonds is 3. The van der Waals surface area contributed by atoms with Crippen LogP contribution in [-0.2, 0) is 19.8 Å². The third-order valence-corrected chi connectivity index (χ3v) is 8.23. The number of Topliss-reactive ketones (excluding diaryl/α,β-unsaturated/α-hetero) is 2. The number of amides is 1. The fraction of sp³-hybridized carbons (Fsp3) is 0.458. The van der Waals surface area contributed by atoms with Crippen molar-refractivity contribution in [2.24, 2.45) is 17.6 Å². The van der Waals surface area contributed by atoms with Gasteiger partial charge in [-0.15, -0.1) is 11.6 Å². The number of carbonyl (C=O) groups is 3. The van der Waals surface area contributed by atoms with Gasteiger partial charge in [0.25, 0.3) is 5.91 Å². The highest BCUT2D eigenvalue weighted by molar-refractivity contribution is 6.23. The fourth-order valence-corrected chi connectivity index (χ4v) is 5.76. The molecule has 3 aliphatic rings. The Morgan fingerprint density at radius 1 is 1.24 bits per heavy atom. The Bertz CT molecular complexity index is 1220. The number of halogens is 1. The van der Waals surface area contributed by atoms with E-state index < -0.39 is 81.4 Å². The van der Waals surface area contributed by atoms with E-state index in [2.05, 4.69) is 0 Å². The SMILES string of the molecule is CC1c2ccc(C(C)(C)CCl)c(O)c2C(O)=C2C(=O)C3(O)C(O)=C(C(N)=O)C(=O)CC3C(O)C21. The molecule has 0 heterocycles. The van der Waals surface area contributed by atoms with Gasteiger partial charge in [0.05, 0.1) is 11.7 Å². The lowest BCUT2D eigenvalue weighted by molar-refractivity contribution is -0.160. The second kappa shape index (κ2) is 7.56. The summed E-state index contributed by atoms with van der Waals surface area (Å²) in [4.78, 5) is 37.8. The minimum atomic E-state index is -2.85. The Morgan fingerprint density at radius 2 is 1.85 bits per heavy atom. The van der Waals surface area contributed by atoms with E-state index in [4.69, 9.17) is 17.3 Å². The first-order chi connectivity index (χ1) is 15.7. The predicted molar refractivity (Wildman–Crippen MR) is 121 cm³/mol. The van der Waals surface area contributed by atoms with Gasteiger partial charge in [-0.05, 0) is 11.5 Å². The maximum Gasteiger partial charge on any atom is 0.255 e. The van der Waals surface area contributed by atoms with Gasteiger partial charge >= 0.3 is 0 Å². The molecular weight excluding hydrogens is 466 g/mol. The Labute approximate surface area is 200 Å². The zero-order valence-electron chi connectivity index (χ0n) is 18.8. The Hall–Kier alpha value is -2.88. The predicted octanol–water partition coefficient (Wildman–Crippen LogP) is 1.47. The van der Waals surface area contributed by atoms with Crippen molar-refractivity contribution in [3.63, 3.8) is 0 Å². The van der Waals surface area contributed by atoms with Crippen molar-refractivity contribution in [1.82, 2.24) is 0 Å². The molecule has 10 heteroatoms. The van der Waals surface area contributed by atoms with Crippen LogP contribution in [0.3, 0.4) is 0 Å². The topological polar surface area (TPSA) is 178 Å². The summed E-state index contributed by atoms with van der Waals surface area (Å²) in [5.74, 6) is -8.61. The molecule has 182 valence electrons. The molecule has 0 aliphatic heterocycles. The Morgan fingerprint density at radius 3 is 2.41 bits per heavy atom. The highest BCUT2D eigenvalue weighted by Crippen LogP contribution is 2.56. The normalized spacial score (nSPS) is 31.2. The number of phenolic OH excluding ortho intramolecular Hbond substituents is 1. The molecule has 7 N–H and O–H groups in total. The quantitative estimate of drug-likeness (QED) is 0.271. The van der Waals surface area contributed by atoms with Crippen LogP contribution >= 0.6 is 11.6 Å². The van der Waals surface area contributed by atoms with E-state index in [1.807, 2.05) is 0 Å². The number of ketones is 2. The molecule has 1 aromatic rings. The molecule has 1 aromatic carbocycles. The van der Waals surface area contributed by atoms with Gasteiger partial charge in [0.2, 0.25) is 5.78 Å². The number of aliphatic hydroxyl groups excluding tert-OH is 3. The number of alkyl halides is 1. The van der Waals surface area contributed by atoms with Crippen molar-refractivity contribution in [2.45, 2.75) is 50.2 Å². The first-order valence-corrected chi connectivity index (χ1v) is 11.3. The highest BCUT2D eigenvalue weighted by atomic mass is 35.5. The molecule has 0 aromatic heterocycles. The van der Waals surface area contributed by atoms with Gasteiger partial charge in [0.1, 0.15) is 22.8 Å². The number of primary amides is 1. The summed E-state index contributed by atoms with van der Waals surface area (Å²) in [6.07, 6.45) is -2.16. The van der Waals surface area contributed by atoms with Crippen LogP contribution in [0.1, 0.15) is 49.8 Å². The van der Waals surface area contributed by atoms with Crippen molar-refractivity contribution in [1.29, 1.82) is 0 Å². The van der Waals surface area contributed by atoms with E-state index in [1.54, 1.807) is 32.9 Å². The lowest BCUT2D eigenvalue weighted by Gasteiger charge is -2.50. The monoisotopic (exact) mass is 491 g/mol. The number of phenols is 1. The summed E-state index contributed by atoms with van der Waals surface area (Å²) >= 11 is 6.06. The average molecular weight is 492 g/mol. The molecular formula is C24H26ClNO8. The van der Waals surface area contributed by atoms with E-state index in [0.29, 0.717) is 11.1 Å². The molecule has 1 saturated carbocycles. The highest BCUT2D eigenvalue weighted by Gasteiger charge is 2.64. The second-order valence-corrected chi connectivity index (χ2v) is 10.2. The molecule has 1 fully saturated rings. The molecule has 5 unspecified atom stereocenters. The number of aromatic hydroxyl groups is 1. The van der Waals surface area contributed by atoms with Gasteiger partial charge in [0, 0.05) is 40.7 Å². The number of hydrogen-bond acceptors (Lipinski definition) is 8. The van der Waals surface area contributed by atoms with E-state index in [1.165, 1.54) is 0 Å².